The van der Waals surface area contributed by atoms with Gasteiger partial charge in [-0.3, -0.25) is 4.79 Å². The van der Waals surface area contributed by atoms with E-state index >= 15 is 0 Å². The maximum atomic E-state index is 13.2. The molecule has 0 aliphatic carbocycles. The molecule has 0 saturated heterocycles. The summed E-state index contributed by atoms with van der Waals surface area (Å²) in [7, 11) is 0. The van der Waals surface area contributed by atoms with Crippen molar-refractivity contribution in [3.05, 3.63) is 65.6 Å². The average molecular weight is 391 g/mol. The van der Waals surface area contributed by atoms with E-state index in [0.29, 0.717) is 17.0 Å². The minimum absolute atomic E-state index is 0.177. The molecule has 5 nitrogen and oxygen atoms in total. The zero-order valence-electron chi connectivity index (χ0n) is 14.2. The molecule has 3 rings (SSSR count). The molecule has 0 saturated carbocycles. The number of carbonyl (C=O) groups is 1. The van der Waals surface area contributed by atoms with Crippen LogP contribution in [0.4, 0.5) is 23.2 Å². The Morgan fingerprint density at radius 1 is 1.21 bits per heavy atom. The van der Waals surface area contributed by atoms with Crippen LogP contribution in [0.1, 0.15) is 11.1 Å². The third-order valence-electron chi connectivity index (χ3n) is 4.12. The molecule has 3 aromatic rings. The minimum Gasteiger partial charge on any atom is -0.381 e. The number of amides is 1. The van der Waals surface area contributed by atoms with E-state index in [9.17, 15) is 27.5 Å². The largest absolute Gasteiger partial charge is 0.417 e. The lowest BCUT2D eigenvalue weighted by atomic mass is 10.1. The Morgan fingerprint density at radius 3 is 2.64 bits per heavy atom. The van der Waals surface area contributed by atoms with Crippen LogP contribution in [-0.2, 0) is 17.5 Å². The van der Waals surface area contributed by atoms with Crippen LogP contribution in [0.5, 0.6) is 0 Å². The quantitative estimate of drug-likeness (QED) is 0.666. The second-order valence-corrected chi connectivity index (χ2v) is 6.05. The van der Waals surface area contributed by atoms with E-state index in [2.05, 4.69) is 5.32 Å². The van der Waals surface area contributed by atoms with Gasteiger partial charge in [0.2, 0.25) is 0 Å². The number of halogens is 4. The van der Waals surface area contributed by atoms with Gasteiger partial charge in [-0.25, -0.2) is 4.39 Å². The third kappa shape index (κ3) is 3.97. The van der Waals surface area contributed by atoms with E-state index in [0.717, 1.165) is 12.1 Å². The predicted octanol–water partition coefficient (Wildman–Crippen LogP) is 3.67. The van der Waals surface area contributed by atoms with Crippen LogP contribution in [0.15, 0.2) is 48.7 Å². The van der Waals surface area contributed by atoms with Crippen molar-refractivity contribution in [2.24, 2.45) is 0 Å². The molecule has 1 aromatic heterocycles. The SMILES string of the molecule is N#Cc1ccc(NC(=O)C(O)Cn2ccc3cc(F)ccc32)cc1C(F)(F)F. The monoisotopic (exact) mass is 391 g/mol. The summed E-state index contributed by atoms with van der Waals surface area (Å²) in [5.41, 5.74) is -1.36. The highest BCUT2D eigenvalue weighted by atomic mass is 19.4. The van der Waals surface area contributed by atoms with Crippen LogP contribution in [-0.4, -0.2) is 21.7 Å². The first-order chi connectivity index (χ1) is 13.2. The molecule has 1 amide bonds. The van der Waals surface area contributed by atoms with Gasteiger partial charge in [0.15, 0.2) is 6.10 Å². The Hall–Kier alpha value is -3.38. The first-order valence-corrected chi connectivity index (χ1v) is 8.03. The van der Waals surface area contributed by atoms with Crippen molar-refractivity contribution in [1.82, 2.24) is 4.57 Å². The number of nitriles is 1. The van der Waals surface area contributed by atoms with Crippen LogP contribution in [0.25, 0.3) is 10.9 Å². The molecule has 0 fully saturated rings. The van der Waals surface area contributed by atoms with Gasteiger partial charge in [0, 0.05) is 22.8 Å². The molecular weight excluding hydrogens is 378 g/mol. The smallest absolute Gasteiger partial charge is 0.381 e. The highest BCUT2D eigenvalue weighted by Gasteiger charge is 2.34. The molecule has 0 radical (unpaired) electrons. The number of benzene rings is 2. The number of rotatable bonds is 4. The molecule has 2 aromatic carbocycles. The van der Waals surface area contributed by atoms with Crippen molar-refractivity contribution in [1.29, 1.82) is 5.26 Å². The summed E-state index contributed by atoms with van der Waals surface area (Å²) in [4.78, 5) is 12.2. The van der Waals surface area contributed by atoms with Gasteiger partial charge in [0.05, 0.1) is 23.7 Å². The molecule has 28 heavy (non-hydrogen) atoms. The number of aliphatic hydroxyl groups excluding tert-OH is 1. The van der Waals surface area contributed by atoms with Crippen molar-refractivity contribution in [2.45, 2.75) is 18.8 Å². The zero-order chi connectivity index (χ0) is 20.5. The standard InChI is InChI=1S/C19H13F4N3O2/c20-13-2-4-16-11(7-13)5-6-26(16)10-17(27)18(28)25-14-3-1-12(9-24)15(8-14)19(21,22)23/h1-8,17,27H,10H2,(H,25,28). The summed E-state index contributed by atoms with van der Waals surface area (Å²) >= 11 is 0. The second-order valence-electron chi connectivity index (χ2n) is 6.05. The van der Waals surface area contributed by atoms with Crippen molar-refractivity contribution in [3.63, 3.8) is 0 Å². The van der Waals surface area contributed by atoms with Crippen LogP contribution in [0.2, 0.25) is 0 Å². The number of hydrogen-bond donors (Lipinski definition) is 2. The van der Waals surface area contributed by atoms with Gasteiger partial charge in [-0.15, -0.1) is 0 Å². The zero-order valence-corrected chi connectivity index (χ0v) is 14.2. The van der Waals surface area contributed by atoms with Crippen molar-refractivity contribution in [2.75, 3.05) is 5.32 Å². The van der Waals surface area contributed by atoms with Gasteiger partial charge in [-0.2, -0.15) is 18.4 Å². The molecule has 2 N–H and O–H groups in total. The van der Waals surface area contributed by atoms with E-state index in [1.165, 1.54) is 28.8 Å². The normalized spacial score (nSPS) is 12.6. The van der Waals surface area contributed by atoms with E-state index in [4.69, 9.17) is 5.26 Å². The fourth-order valence-corrected chi connectivity index (χ4v) is 2.78. The first-order valence-electron chi connectivity index (χ1n) is 8.03. The number of hydrogen-bond acceptors (Lipinski definition) is 3. The summed E-state index contributed by atoms with van der Waals surface area (Å²) < 4.78 is 53.7. The summed E-state index contributed by atoms with van der Waals surface area (Å²) in [5.74, 6) is -1.34. The number of carbonyl (C=O) groups excluding carboxylic acids is 1. The lowest BCUT2D eigenvalue weighted by molar-refractivity contribution is -0.137. The van der Waals surface area contributed by atoms with Gasteiger partial charge >= 0.3 is 6.18 Å². The Labute approximate surface area is 156 Å². The number of fused-ring (bicyclic) bond motifs is 1. The summed E-state index contributed by atoms with van der Waals surface area (Å²) in [6.45, 7) is -0.177. The van der Waals surface area contributed by atoms with Gasteiger partial charge in [-0.05, 0) is 42.5 Å². The highest BCUT2D eigenvalue weighted by Crippen LogP contribution is 2.33. The van der Waals surface area contributed by atoms with Gasteiger partial charge in [0.25, 0.3) is 5.91 Å². The topological polar surface area (TPSA) is 78.1 Å². The highest BCUT2D eigenvalue weighted by molar-refractivity contribution is 5.94. The minimum atomic E-state index is -4.76. The summed E-state index contributed by atoms with van der Waals surface area (Å²) in [6, 6.07) is 9.81. The fraction of sp³-hybridized carbons (Fsp3) is 0.158. The number of anilines is 1. The molecular formula is C19H13F4N3O2. The number of nitrogens with one attached hydrogen (secondary N) is 1. The number of aromatic nitrogens is 1. The number of aliphatic hydroxyl groups is 1. The van der Waals surface area contributed by atoms with Crippen LogP contribution in [0, 0.1) is 17.1 Å². The Kier molecular flexibility index (Phi) is 5.07. The summed E-state index contributed by atoms with van der Waals surface area (Å²) in [5, 5.41) is 21.7. The number of alkyl halides is 3. The average Bonchev–Trinajstić information content (AvgIpc) is 3.02. The third-order valence-corrected chi connectivity index (χ3v) is 4.12. The molecule has 9 heteroatoms. The van der Waals surface area contributed by atoms with E-state index in [1.807, 2.05) is 0 Å². The molecule has 0 spiro atoms. The van der Waals surface area contributed by atoms with Crippen molar-refractivity contribution < 1.29 is 27.5 Å². The molecule has 0 aliphatic rings. The molecule has 1 atom stereocenters. The van der Waals surface area contributed by atoms with Crippen LogP contribution >= 0.6 is 0 Å². The van der Waals surface area contributed by atoms with Crippen LogP contribution in [0.3, 0.4) is 0 Å². The predicted molar refractivity (Wildman–Crippen MR) is 92.7 cm³/mol. The van der Waals surface area contributed by atoms with Crippen molar-refractivity contribution in [3.8, 4) is 6.07 Å². The van der Waals surface area contributed by atoms with E-state index in [1.54, 1.807) is 12.3 Å². The van der Waals surface area contributed by atoms with Gasteiger partial charge in [0.1, 0.15) is 5.82 Å². The molecule has 0 bridgehead atoms. The van der Waals surface area contributed by atoms with Crippen molar-refractivity contribution >= 4 is 22.5 Å². The first kappa shape index (κ1) is 19.4. The lowest BCUT2D eigenvalue weighted by Gasteiger charge is -2.15. The molecule has 0 aliphatic heterocycles. The number of nitrogens with zero attached hydrogens (tertiary/aromatic N) is 2. The Bertz CT molecular complexity index is 1080. The molecule has 144 valence electrons. The molecule has 1 heterocycles. The lowest BCUT2D eigenvalue weighted by Crippen LogP contribution is -2.31. The Balaban J connectivity index is 1.76. The maximum Gasteiger partial charge on any atom is 0.417 e. The summed E-state index contributed by atoms with van der Waals surface area (Å²) in [6.07, 6.45) is -4.76. The van der Waals surface area contributed by atoms with Crippen LogP contribution < -0.4 is 5.32 Å². The van der Waals surface area contributed by atoms with E-state index < -0.39 is 35.1 Å². The second kappa shape index (κ2) is 7.32. The van der Waals surface area contributed by atoms with Gasteiger partial charge < -0.3 is 15.0 Å². The maximum absolute atomic E-state index is 13.2. The molecule has 1 unspecified atom stereocenters. The Morgan fingerprint density at radius 2 is 1.96 bits per heavy atom. The van der Waals surface area contributed by atoms with E-state index in [-0.39, 0.29) is 12.2 Å². The van der Waals surface area contributed by atoms with Gasteiger partial charge in [-0.1, -0.05) is 0 Å². The fourth-order valence-electron chi connectivity index (χ4n) is 2.78.